The maximum Gasteiger partial charge on any atom is 0.321 e. The highest BCUT2D eigenvalue weighted by Crippen LogP contribution is 2.19. The Morgan fingerprint density at radius 3 is 2.61 bits per heavy atom. The highest BCUT2D eigenvalue weighted by Gasteiger charge is 2.21. The highest BCUT2D eigenvalue weighted by atomic mass is 35.5. The molecule has 1 fully saturated rings. The molecule has 1 N–H and O–H groups in total. The van der Waals surface area contributed by atoms with Crippen molar-refractivity contribution in [1.29, 1.82) is 0 Å². The maximum absolute atomic E-state index is 13.1. The number of hydrogen-bond donors (Lipinski definition) is 1. The molecule has 0 atom stereocenters. The van der Waals surface area contributed by atoms with E-state index in [1.54, 1.807) is 4.90 Å². The Morgan fingerprint density at radius 2 is 2.00 bits per heavy atom. The number of nitrogens with one attached hydrogen (secondary N) is 1. The molecule has 0 saturated carbocycles. The smallest absolute Gasteiger partial charge is 0.321 e. The number of halogens is 2. The van der Waals surface area contributed by atoms with Gasteiger partial charge in [0.2, 0.25) is 0 Å². The first-order valence-electron chi connectivity index (χ1n) is 7.84. The summed E-state index contributed by atoms with van der Waals surface area (Å²) in [6.07, 6.45) is 1.13. The van der Waals surface area contributed by atoms with Gasteiger partial charge in [0, 0.05) is 31.9 Å². The van der Waals surface area contributed by atoms with Gasteiger partial charge in [-0.05, 0) is 51.8 Å². The number of anilines is 1. The summed E-state index contributed by atoms with van der Waals surface area (Å²) >= 11 is 5.72. The molecular weight excluding hydrogens is 319 g/mol. The van der Waals surface area contributed by atoms with Crippen LogP contribution < -0.4 is 5.32 Å². The summed E-state index contributed by atoms with van der Waals surface area (Å²) < 4.78 is 13.1. The molecule has 1 aliphatic heterocycles. The molecule has 0 aromatic heterocycles. The Kier molecular flexibility index (Phi) is 6.62. The third-order valence-corrected chi connectivity index (χ3v) is 4.20. The molecule has 0 unspecified atom stereocenters. The Labute approximate surface area is 142 Å². The van der Waals surface area contributed by atoms with Crippen molar-refractivity contribution < 1.29 is 9.18 Å². The fourth-order valence-corrected chi connectivity index (χ4v) is 2.74. The minimum absolute atomic E-state index is 0.00788. The van der Waals surface area contributed by atoms with Gasteiger partial charge >= 0.3 is 6.03 Å². The molecule has 5 nitrogen and oxygen atoms in total. The third-order valence-electron chi connectivity index (χ3n) is 3.91. The second-order valence-electron chi connectivity index (χ2n) is 6.04. The quantitative estimate of drug-likeness (QED) is 0.894. The second kappa shape index (κ2) is 8.47. The monoisotopic (exact) mass is 342 g/mol. The number of piperazine rings is 1. The molecule has 0 radical (unpaired) electrons. The molecule has 1 aliphatic rings. The Morgan fingerprint density at radius 1 is 1.30 bits per heavy atom. The van der Waals surface area contributed by atoms with Crippen LogP contribution in [0.4, 0.5) is 14.9 Å². The van der Waals surface area contributed by atoms with Crippen molar-refractivity contribution in [3.8, 4) is 0 Å². The van der Waals surface area contributed by atoms with Crippen LogP contribution in [0.5, 0.6) is 0 Å². The van der Waals surface area contributed by atoms with E-state index in [1.807, 2.05) is 0 Å². The van der Waals surface area contributed by atoms with Crippen molar-refractivity contribution >= 4 is 23.3 Å². The lowest BCUT2D eigenvalue weighted by Gasteiger charge is -2.34. The number of carbonyl (C=O) groups is 1. The van der Waals surface area contributed by atoms with Crippen LogP contribution in [0.3, 0.4) is 0 Å². The zero-order valence-electron chi connectivity index (χ0n) is 13.7. The van der Waals surface area contributed by atoms with Crippen LogP contribution in [-0.4, -0.2) is 74.1 Å². The molecule has 0 aliphatic carbocycles. The lowest BCUT2D eigenvalue weighted by Crippen LogP contribution is -2.50. The number of amides is 2. The van der Waals surface area contributed by atoms with Gasteiger partial charge in [-0.25, -0.2) is 9.18 Å². The lowest BCUT2D eigenvalue weighted by molar-refractivity contribution is 0.144. The van der Waals surface area contributed by atoms with Crippen LogP contribution in [0.15, 0.2) is 18.2 Å². The minimum Gasteiger partial charge on any atom is -0.322 e. The van der Waals surface area contributed by atoms with E-state index in [9.17, 15) is 9.18 Å². The van der Waals surface area contributed by atoms with Crippen LogP contribution in [0.1, 0.15) is 6.42 Å². The van der Waals surface area contributed by atoms with Crippen LogP contribution >= 0.6 is 11.6 Å². The second-order valence-corrected chi connectivity index (χ2v) is 6.45. The van der Waals surface area contributed by atoms with Crippen molar-refractivity contribution in [2.24, 2.45) is 0 Å². The zero-order chi connectivity index (χ0) is 16.8. The standard InChI is InChI=1S/C16H24ClFN4O/c1-20(2)6-3-7-21-8-10-22(11-9-21)16(23)19-13-4-5-15(18)14(17)12-13/h4-5,12H,3,6-11H2,1-2H3,(H,19,23). The molecule has 7 heteroatoms. The topological polar surface area (TPSA) is 38.8 Å². The predicted octanol–water partition coefficient (Wildman–Crippen LogP) is 2.58. The molecule has 23 heavy (non-hydrogen) atoms. The van der Waals surface area contributed by atoms with E-state index in [0.717, 1.165) is 32.6 Å². The van der Waals surface area contributed by atoms with E-state index >= 15 is 0 Å². The van der Waals surface area contributed by atoms with Crippen molar-refractivity contribution in [2.45, 2.75) is 6.42 Å². The number of urea groups is 1. The van der Waals surface area contributed by atoms with Crippen molar-refractivity contribution in [3.63, 3.8) is 0 Å². The van der Waals surface area contributed by atoms with Crippen LogP contribution in [0.2, 0.25) is 5.02 Å². The summed E-state index contributed by atoms with van der Waals surface area (Å²) in [5.74, 6) is -0.490. The molecule has 0 spiro atoms. The fraction of sp³-hybridized carbons (Fsp3) is 0.562. The summed E-state index contributed by atoms with van der Waals surface area (Å²) in [4.78, 5) is 18.6. The molecule has 1 aromatic carbocycles. The zero-order valence-corrected chi connectivity index (χ0v) is 14.4. The van der Waals surface area contributed by atoms with E-state index < -0.39 is 5.82 Å². The maximum atomic E-state index is 13.1. The van der Waals surface area contributed by atoms with E-state index in [4.69, 9.17) is 11.6 Å². The normalized spacial score (nSPS) is 16.0. The van der Waals surface area contributed by atoms with Gasteiger partial charge in [0.05, 0.1) is 5.02 Å². The first-order chi connectivity index (χ1) is 11.0. The summed E-state index contributed by atoms with van der Waals surface area (Å²) in [6, 6.07) is 4.02. The highest BCUT2D eigenvalue weighted by molar-refractivity contribution is 6.31. The van der Waals surface area contributed by atoms with E-state index in [0.29, 0.717) is 18.8 Å². The molecular formula is C16H24ClFN4O. The lowest BCUT2D eigenvalue weighted by atomic mass is 10.3. The van der Waals surface area contributed by atoms with E-state index in [-0.39, 0.29) is 11.1 Å². The van der Waals surface area contributed by atoms with E-state index in [1.165, 1.54) is 18.2 Å². The third kappa shape index (κ3) is 5.64. The van der Waals surface area contributed by atoms with E-state index in [2.05, 4.69) is 29.2 Å². The molecule has 0 bridgehead atoms. The summed E-state index contributed by atoms with van der Waals surface area (Å²) in [6.45, 7) is 5.29. The Balaban J connectivity index is 1.76. The fourth-order valence-electron chi connectivity index (χ4n) is 2.56. The van der Waals surface area contributed by atoms with Crippen molar-refractivity contribution in [1.82, 2.24) is 14.7 Å². The van der Waals surface area contributed by atoms with Gasteiger partial charge in [0.15, 0.2) is 0 Å². The minimum atomic E-state index is -0.490. The Bertz CT molecular complexity index is 533. The summed E-state index contributed by atoms with van der Waals surface area (Å²) in [7, 11) is 4.15. The van der Waals surface area contributed by atoms with Gasteiger partial charge in [-0.1, -0.05) is 11.6 Å². The van der Waals surface area contributed by atoms with Gasteiger partial charge in [0.1, 0.15) is 5.82 Å². The average Bonchev–Trinajstić information content (AvgIpc) is 2.51. The van der Waals surface area contributed by atoms with Crippen molar-refractivity contribution in [3.05, 3.63) is 29.0 Å². The summed E-state index contributed by atoms with van der Waals surface area (Å²) in [5, 5.41) is 2.77. The van der Waals surface area contributed by atoms with Crippen LogP contribution in [-0.2, 0) is 0 Å². The number of rotatable bonds is 5. The number of nitrogens with zero attached hydrogens (tertiary/aromatic N) is 3. The molecule has 1 heterocycles. The van der Waals surface area contributed by atoms with Gasteiger partial charge < -0.3 is 15.1 Å². The van der Waals surface area contributed by atoms with Crippen LogP contribution in [0, 0.1) is 5.82 Å². The SMILES string of the molecule is CN(C)CCCN1CCN(C(=O)Nc2ccc(F)c(Cl)c2)CC1. The average molecular weight is 343 g/mol. The number of hydrogen-bond acceptors (Lipinski definition) is 3. The van der Waals surface area contributed by atoms with Crippen molar-refractivity contribution in [2.75, 3.05) is 58.7 Å². The largest absolute Gasteiger partial charge is 0.322 e. The molecule has 1 saturated heterocycles. The number of benzene rings is 1. The van der Waals surface area contributed by atoms with Gasteiger partial charge in [-0.2, -0.15) is 0 Å². The first-order valence-corrected chi connectivity index (χ1v) is 8.21. The van der Waals surface area contributed by atoms with Crippen LogP contribution in [0.25, 0.3) is 0 Å². The van der Waals surface area contributed by atoms with Gasteiger partial charge in [-0.15, -0.1) is 0 Å². The summed E-state index contributed by atoms with van der Waals surface area (Å²) in [5.41, 5.74) is 0.509. The number of carbonyl (C=O) groups excluding carboxylic acids is 1. The molecule has 1 aromatic rings. The Hall–Kier alpha value is -1.37. The molecule has 2 rings (SSSR count). The first kappa shape index (κ1) is 18.0. The predicted molar refractivity (Wildman–Crippen MR) is 91.6 cm³/mol. The van der Waals surface area contributed by atoms with Gasteiger partial charge in [-0.3, -0.25) is 4.90 Å². The molecule has 128 valence electrons. The van der Waals surface area contributed by atoms with Gasteiger partial charge in [0.25, 0.3) is 0 Å². The molecule has 2 amide bonds.